The molecule has 9 heteroatoms. The molecular formula is C25H49N3O5S. The van der Waals surface area contributed by atoms with Gasteiger partial charge in [0.25, 0.3) is 0 Å². The third-order valence-electron chi connectivity index (χ3n) is 5.42. The Morgan fingerprint density at radius 3 is 2.06 bits per heavy atom. The third-order valence-corrected chi connectivity index (χ3v) is 5.95. The highest BCUT2D eigenvalue weighted by molar-refractivity contribution is 7.80. The van der Waals surface area contributed by atoms with E-state index in [0.717, 1.165) is 31.8 Å². The number of nitrogens with one attached hydrogen (secondary N) is 2. The van der Waals surface area contributed by atoms with E-state index in [1.165, 1.54) is 77.6 Å². The molecule has 0 radical (unpaired) electrons. The molecule has 0 aromatic carbocycles. The number of unbranched alkanes of at least 4 members (excludes halogenated alkanes) is 11. The molecule has 1 amide bonds. The van der Waals surface area contributed by atoms with Gasteiger partial charge in [-0.1, -0.05) is 70.4 Å². The Balaban J connectivity index is 0.00000135. The lowest BCUT2D eigenvalue weighted by atomic mass is 10.1. The van der Waals surface area contributed by atoms with Crippen molar-refractivity contribution in [2.75, 3.05) is 19.7 Å². The van der Waals surface area contributed by atoms with Gasteiger partial charge in [-0.15, -0.1) is 0 Å². The van der Waals surface area contributed by atoms with Crippen molar-refractivity contribution < 1.29 is 21.9 Å². The van der Waals surface area contributed by atoms with E-state index < -0.39 is 10.4 Å². The number of hydrogen-bond acceptors (Lipinski definition) is 6. The zero-order valence-electron chi connectivity index (χ0n) is 21.7. The van der Waals surface area contributed by atoms with Gasteiger partial charge in [0, 0.05) is 13.0 Å². The average molecular weight is 504 g/mol. The zero-order chi connectivity index (χ0) is 25.5. The summed E-state index contributed by atoms with van der Waals surface area (Å²) in [5.41, 5.74) is 0. The van der Waals surface area contributed by atoms with Crippen LogP contribution >= 0.6 is 0 Å². The highest BCUT2D eigenvalue weighted by Gasteiger charge is 2.15. The number of carbonyl (C=O) groups is 1. The van der Waals surface area contributed by atoms with Crippen LogP contribution in [0.3, 0.4) is 0 Å². The van der Waals surface area contributed by atoms with E-state index in [0.29, 0.717) is 6.42 Å². The molecule has 0 aromatic rings. The second-order valence-corrected chi connectivity index (χ2v) is 9.74. The number of carbonyl (C=O) groups excluding carboxylic acids is 1. The molecule has 3 N–H and O–H groups in total. The Morgan fingerprint density at radius 1 is 1.03 bits per heavy atom. The molecule has 1 rings (SSSR count). The summed E-state index contributed by atoms with van der Waals surface area (Å²) in [6, 6.07) is 0.0168. The molecule has 200 valence electrons. The van der Waals surface area contributed by atoms with Crippen LogP contribution in [0.2, 0.25) is 0 Å². The summed E-state index contributed by atoms with van der Waals surface area (Å²) in [6.45, 7) is 7.42. The molecule has 0 spiro atoms. The van der Waals surface area contributed by atoms with Crippen molar-refractivity contribution in [3.05, 3.63) is 12.2 Å². The molecule has 8 nitrogen and oxygen atoms in total. The largest absolute Gasteiger partial charge is 0.397 e. The number of aliphatic imine (C=N–C) groups is 1. The van der Waals surface area contributed by atoms with Crippen molar-refractivity contribution in [3.63, 3.8) is 0 Å². The van der Waals surface area contributed by atoms with Gasteiger partial charge in [0.1, 0.15) is 5.84 Å². The monoisotopic (exact) mass is 503 g/mol. The fourth-order valence-corrected chi connectivity index (χ4v) is 3.89. The van der Waals surface area contributed by atoms with Crippen LogP contribution in [0.1, 0.15) is 111 Å². The topological polar surface area (TPSA) is 117 Å². The first-order valence-corrected chi connectivity index (χ1v) is 14.5. The minimum absolute atomic E-state index is 0.0168. The van der Waals surface area contributed by atoms with Crippen LogP contribution in [0.5, 0.6) is 0 Å². The van der Waals surface area contributed by atoms with E-state index in [1.807, 2.05) is 6.92 Å². The number of hydrogen-bond donors (Lipinski definition) is 3. The maximum atomic E-state index is 11.9. The van der Waals surface area contributed by atoms with Crippen molar-refractivity contribution in [3.8, 4) is 0 Å². The van der Waals surface area contributed by atoms with Crippen LogP contribution in [-0.4, -0.2) is 50.5 Å². The minimum atomic E-state index is -4.17. The maximum absolute atomic E-state index is 11.9. The quantitative estimate of drug-likeness (QED) is 0.124. The number of amides is 1. The summed E-state index contributed by atoms with van der Waals surface area (Å²) in [6.07, 6.45) is 22.1. The normalized spacial score (nSPS) is 14.3. The smallest absolute Gasteiger partial charge is 0.370 e. The lowest BCUT2D eigenvalue weighted by Gasteiger charge is -2.14. The van der Waals surface area contributed by atoms with Crippen molar-refractivity contribution in [2.45, 2.75) is 117 Å². The van der Waals surface area contributed by atoms with Gasteiger partial charge in [-0.05, 0) is 46.0 Å². The van der Waals surface area contributed by atoms with Gasteiger partial charge in [-0.2, -0.15) is 8.42 Å². The molecular weight excluding hydrogens is 454 g/mol. The van der Waals surface area contributed by atoms with E-state index in [-0.39, 0.29) is 18.6 Å². The fourth-order valence-electron chi connectivity index (χ4n) is 3.59. The highest BCUT2D eigenvalue weighted by atomic mass is 32.3. The molecule has 1 unspecified atom stereocenters. The molecule has 1 heterocycles. The number of rotatable bonds is 19. The van der Waals surface area contributed by atoms with Crippen LogP contribution < -0.4 is 10.6 Å². The average Bonchev–Trinajstić information content (AvgIpc) is 3.31. The molecule has 0 bridgehead atoms. The Bertz CT molecular complexity index is 665. The molecule has 1 atom stereocenters. The first-order chi connectivity index (χ1) is 16.3. The summed E-state index contributed by atoms with van der Waals surface area (Å²) >= 11 is 0. The number of amidine groups is 1. The van der Waals surface area contributed by atoms with Gasteiger partial charge < -0.3 is 10.6 Å². The second-order valence-electron chi connectivity index (χ2n) is 8.65. The number of allylic oxidation sites excluding steroid dienone is 2. The van der Waals surface area contributed by atoms with Gasteiger partial charge in [0.15, 0.2) is 0 Å². The lowest BCUT2D eigenvalue weighted by molar-refractivity contribution is -0.121. The molecule has 1 aliphatic rings. The molecule has 1 aliphatic heterocycles. The van der Waals surface area contributed by atoms with Crippen LogP contribution in [0.15, 0.2) is 17.1 Å². The Morgan fingerprint density at radius 2 is 1.59 bits per heavy atom. The van der Waals surface area contributed by atoms with Crippen LogP contribution in [0, 0.1) is 0 Å². The van der Waals surface area contributed by atoms with Gasteiger partial charge in [-0.3, -0.25) is 14.3 Å². The van der Waals surface area contributed by atoms with E-state index >= 15 is 0 Å². The fraction of sp³-hybridized carbons (Fsp3) is 0.840. The lowest BCUT2D eigenvalue weighted by Crippen LogP contribution is -2.43. The standard InChI is InChI=1S/C23H43N3O.C2H6O4S/c1-3-4-5-6-7-8-9-10-11-12-13-14-15-16-17-18-22(27)26-21(2)23-24-19-20-25-23;1-2-6-7(3,4)5/h10-11,21H,3-9,12-20H2,1-2H3,(H,24,25)(H,26,27);2H2,1H3,(H,3,4,5)/b11-10-;. The summed E-state index contributed by atoms with van der Waals surface area (Å²) in [4.78, 5) is 16.3. The Kier molecular flexibility index (Phi) is 21.1. The van der Waals surface area contributed by atoms with Gasteiger partial charge in [-0.25, -0.2) is 4.18 Å². The minimum Gasteiger partial charge on any atom is -0.370 e. The maximum Gasteiger partial charge on any atom is 0.397 e. The van der Waals surface area contributed by atoms with Crippen molar-refractivity contribution in [2.24, 2.45) is 4.99 Å². The van der Waals surface area contributed by atoms with E-state index in [4.69, 9.17) is 4.55 Å². The zero-order valence-corrected chi connectivity index (χ0v) is 22.5. The summed E-state index contributed by atoms with van der Waals surface area (Å²) < 4.78 is 30.7. The Hall–Kier alpha value is -1.45. The van der Waals surface area contributed by atoms with Crippen LogP contribution in [-0.2, 0) is 19.4 Å². The summed E-state index contributed by atoms with van der Waals surface area (Å²) in [5.74, 6) is 1.07. The molecule has 0 aromatic heterocycles. The summed E-state index contributed by atoms with van der Waals surface area (Å²) in [5, 5.41) is 6.24. The molecule has 34 heavy (non-hydrogen) atoms. The van der Waals surface area contributed by atoms with E-state index in [1.54, 1.807) is 0 Å². The molecule has 0 aliphatic carbocycles. The number of nitrogens with zero attached hydrogens (tertiary/aromatic N) is 1. The SMILES string of the molecule is CCCCCCCC/C=C\CCCCCCCC(=O)NC(C)C1=NCCN1.CCOS(=O)(=O)O. The third kappa shape index (κ3) is 22.3. The van der Waals surface area contributed by atoms with Gasteiger partial charge in [0.05, 0.1) is 19.2 Å². The van der Waals surface area contributed by atoms with Gasteiger partial charge >= 0.3 is 10.4 Å². The van der Waals surface area contributed by atoms with Crippen molar-refractivity contribution in [1.29, 1.82) is 0 Å². The molecule has 0 saturated heterocycles. The molecule has 0 fully saturated rings. The second kappa shape index (κ2) is 22.0. The summed E-state index contributed by atoms with van der Waals surface area (Å²) in [7, 11) is -4.17. The van der Waals surface area contributed by atoms with E-state index in [2.05, 4.69) is 38.9 Å². The van der Waals surface area contributed by atoms with Gasteiger partial charge in [0.2, 0.25) is 5.91 Å². The predicted octanol–water partition coefficient (Wildman–Crippen LogP) is 5.36. The van der Waals surface area contributed by atoms with E-state index in [9.17, 15) is 13.2 Å². The predicted molar refractivity (Wildman–Crippen MR) is 141 cm³/mol. The van der Waals surface area contributed by atoms with Crippen LogP contribution in [0.4, 0.5) is 0 Å². The van der Waals surface area contributed by atoms with Crippen molar-refractivity contribution >= 4 is 22.1 Å². The first-order valence-electron chi connectivity index (χ1n) is 13.1. The van der Waals surface area contributed by atoms with Crippen LogP contribution in [0.25, 0.3) is 0 Å². The van der Waals surface area contributed by atoms with Crippen molar-refractivity contribution in [1.82, 2.24) is 10.6 Å². The highest BCUT2D eigenvalue weighted by Crippen LogP contribution is 2.10. The molecule has 0 saturated carbocycles. The Labute approximate surface area is 208 Å². The first kappa shape index (κ1) is 32.5.